The monoisotopic (exact) mass is 537 g/mol. The predicted octanol–water partition coefficient (Wildman–Crippen LogP) is 4.66. The molecule has 6 heteroatoms. The first-order valence-corrected chi connectivity index (χ1v) is 16.7. The van der Waals surface area contributed by atoms with E-state index in [1.54, 1.807) is 0 Å². The highest BCUT2D eigenvalue weighted by Gasteiger charge is 2.28. The third kappa shape index (κ3) is 11.3. The number of nitrogens with zero attached hydrogens (tertiary/aromatic N) is 6. The fourth-order valence-corrected chi connectivity index (χ4v) is 6.70. The molecular formula is C32H68N6. The number of hydrogen-bond donors (Lipinski definition) is 0. The Labute approximate surface area is 239 Å². The molecule has 0 atom stereocenters. The zero-order valence-electron chi connectivity index (χ0n) is 27.3. The summed E-state index contributed by atoms with van der Waals surface area (Å²) in [6.07, 6.45) is 5.58. The molecule has 38 heavy (non-hydrogen) atoms. The molecule has 4 heterocycles. The summed E-state index contributed by atoms with van der Waals surface area (Å²) in [5.41, 5.74) is 0. The van der Waals surface area contributed by atoms with Crippen molar-refractivity contribution in [2.24, 2.45) is 5.92 Å². The Bertz CT molecular complexity index is 538. The number of piperazine rings is 2. The minimum Gasteiger partial charge on any atom is -0.303 e. The largest absolute Gasteiger partial charge is 0.303 e. The van der Waals surface area contributed by atoms with Crippen LogP contribution in [0.25, 0.3) is 0 Å². The second kappa shape index (κ2) is 18.2. The van der Waals surface area contributed by atoms with Gasteiger partial charge in [0.2, 0.25) is 0 Å². The van der Waals surface area contributed by atoms with E-state index in [0.29, 0.717) is 0 Å². The van der Waals surface area contributed by atoms with E-state index in [0.717, 1.165) is 30.1 Å². The van der Waals surface area contributed by atoms with E-state index in [1.165, 1.54) is 117 Å². The lowest BCUT2D eigenvalue weighted by molar-refractivity contribution is 0.0495. The van der Waals surface area contributed by atoms with Crippen LogP contribution in [0.5, 0.6) is 0 Å². The van der Waals surface area contributed by atoms with Gasteiger partial charge in [-0.2, -0.15) is 0 Å². The maximum Gasteiger partial charge on any atom is 0.0121 e. The van der Waals surface area contributed by atoms with Crippen LogP contribution in [-0.4, -0.2) is 145 Å². The Balaban J connectivity index is 0.000000252. The highest BCUT2D eigenvalue weighted by Crippen LogP contribution is 2.21. The van der Waals surface area contributed by atoms with Crippen molar-refractivity contribution in [3.63, 3.8) is 0 Å². The average Bonchev–Trinajstić information content (AvgIpc) is 2.95. The smallest absolute Gasteiger partial charge is 0.0121 e. The molecule has 0 aromatic heterocycles. The second-order valence-electron chi connectivity index (χ2n) is 12.8. The Morgan fingerprint density at radius 1 is 0.500 bits per heavy atom. The molecule has 4 aliphatic rings. The van der Waals surface area contributed by atoms with Gasteiger partial charge in [-0.3, -0.25) is 14.7 Å². The summed E-state index contributed by atoms with van der Waals surface area (Å²) in [6.45, 7) is 38.2. The van der Waals surface area contributed by atoms with Crippen molar-refractivity contribution in [1.82, 2.24) is 29.4 Å². The Morgan fingerprint density at radius 3 is 1.34 bits per heavy atom. The van der Waals surface area contributed by atoms with Gasteiger partial charge in [-0.25, -0.2) is 0 Å². The first-order valence-electron chi connectivity index (χ1n) is 16.7. The van der Waals surface area contributed by atoms with Crippen LogP contribution < -0.4 is 0 Å². The normalized spacial score (nSPS) is 24.9. The summed E-state index contributed by atoms with van der Waals surface area (Å²) in [7, 11) is 0. The first-order chi connectivity index (χ1) is 18.3. The Hall–Kier alpha value is -0.240. The third-order valence-corrected chi connectivity index (χ3v) is 9.63. The van der Waals surface area contributed by atoms with E-state index in [1.807, 2.05) is 13.8 Å². The summed E-state index contributed by atoms with van der Waals surface area (Å²) in [5, 5.41) is 0. The predicted molar refractivity (Wildman–Crippen MR) is 167 cm³/mol. The highest BCUT2D eigenvalue weighted by atomic mass is 15.3. The maximum atomic E-state index is 2.74. The van der Waals surface area contributed by atoms with E-state index in [9.17, 15) is 0 Å². The summed E-state index contributed by atoms with van der Waals surface area (Å²) in [4.78, 5) is 15.9. The molecule has 0 amide bonds. The molecule has 226 valence electrons. The van der Waals surface area contributed by atoms with Gasteiger partial charge in [0.05, 0.1) is 0 Å². The molecule has 0 aromatic rings. The van der Waals surface area contributed by atoms with E-state index >= 15 is 0 Å². The highest BCUT2D eigenvalue weighted by molar-refractivity contribution is 4.84. The number of hydrogen-bond acceptors (Lipinski definition) is 6. The van der Waals surface area contributed by atoms with Gasteiger partial charge in [-0.15, -0.1) is 0 Å². The Kier molecular flexibility index (Phi) is 16.3. The summed E-state index contributed by atoms with van der Waals surface area (Å²) in [5.74, 6) is 0.945. The molecule has 0 radical (unpaired) electrons. The molecule has 4 aliphatic heterocycles. The van der Waals surface area contributed by atoms with Crippen LogP contribution in [0.1, 0.15) is 88.0 Å². The number of rotatable bonds is 7. The molecule has 0 unspecified atom stereocenters. The number of piperidine rings is 2. The molecule has 0 saturated carbocycles. The van der Waals surface area contributed by atoms with E-state index in [4.69, 9.17) is 0 Å². The topological polar surface area (TPSA) is 19.4 Å². The van der Waals surface area contributed by atoms with Crippen molar-refractivity contribution in [3.8, 4) is 0 Å². The van der Waals surface area contributed by atoms with Crippen LogP contribution in [0.2, 0.25) is 0 Å². The Morgan fingerprint density at radius 2 is 0.921 bits per heavy atom. The van der Waals surface area contributed by atoms with Crippen LogP contribution in [0.3, 0.4) is 0 Å². The van der Waals surface area contributed by atoms with Gasteiger partial charge in [0.1, 0.15) is 0 Å². The summed E-state index contributed by atoms with van der Waals surface area (Å²) in [6, 6.07) is 3.04. The molecule has 0 aromatic carbocycles. The van der Waals surface area contributed by atoms with Gasteiger partial charge in [0.25, 0.3) is 0 Å². The lowest BCUT2D eigenvalue weighted by Crippen LogP contribution is -2.54. The fraction of sp³-hybridized carbons (Fsp3) is 1.00. The lowest BCUT2D eigenvalue weighted by atomic mass is 9.95. The molecule has 0 N–H and O–H groups in total. The van der Waals surface area contributed by atoms with Gasteiger partial charge in [0.15, 0.2) is 0 Å². The van der Waals surface area contributed by atoms with Crippen molar-refractivity contribution in [1.29, 1.82) is 0 Å². The SMILES string of the molecule is CC.CC(C)N1CCC(CN2CCN(C(C)C)CC2)CC1.CCN1CCC(N2CCN(C(C)C)CC2)CC1. The van der Waals surface area contributed by atoms with E-state index in [-0.39, 0.29) is 0 Å². The zero-order chi connectivity index (χ0) is 28.1. The molecule has 0 bridgehead atoms. The summed E-state index contributed by atoms with van der Waals surface area (Å²) < 4.78 is 0. The fourth-order valence-electron chi connectivity index (χ4n) is 6.70. The van der Waals surface area contributed by atoms with E-state index < -0.39 is 0 Å². The van der Waals surface area contributed by atoms with Gasteiger partial charge in [-0.05, 0) is 106 Å². The van der Waals surface area contributed by atoms with Gasteiger partial charge < -0.3 is 14.7 Å². The van der Waals surface area contributed by atoms with Crippen molar-refractivity contribution < 1.29 is 0 Å². The molecule has 4 fully saturated rings. The maximum absolute atomic E-state index is 2.74. The van der Waals surface area contributed by atoms with Gasteiger partial charge in [0, 0.05) is 83.1 Å². The van der Waals surface area contributed by atoms with Gasteiger partial charge >= 0.3 is 0 Å². The van der Waals surface area contributed by atoms with Crippen LogP contribution >= 0.6 is 0 Å². The van der Waals surface area contributed by atoms with Crippen molar-refractivity contribution in [2.75, 3.05) is 91.6 Å². The molecule has 0 aliphatic carbocycles. The van der Waals surface area contributed by atoms with Gasteiger partial charge in [-0.1, -0.05) is 20.8 Å². The van der Waals surface area contributed by atoms with Crippen LogP contribution in [0, 0.1) is 5.92 Å². The van der Waals surface area contributed by atoms with Crippen molar-refractivity contribution in [2.45, 2.75) is 112 Å². The average molecular weight is 537 g/mol. The third-order valence-electron chi connectivity index (χ3n) is 9.63. The van der Waals surface area contributed by atoms with E-state index in [2.05, 4.69) is 77.9 Å². The minimum absolute atomic E-state index is 0.719. The standard InChI is InChI=1S/C16H33N3.C14H29N3.C2H6/c1-14(2)18-7-5-16(6-8-18)13-17-9-11-19(12-10-17)15(3)4;1-4-15-7-5-14(6-8-15)17-11-9-16(10-12-17)13(2)3;1-2/h14-16H,5-13H2,1-4H3;13-14H,4-12H2,1-3H3;1-2H3. The second-order valence-corrected chi connectivity index (χ2v) is 12.8. The molecular weight excluding hydrogens is 468 g/mol. The molecule has 0 spiro atoms. The zero-order valence-corrected chi connectivity index (χ0v) is 27.3. The molecule has 6 nitrogen and oxygen atoms in total. The summed E-state index contributed by atoms with van der Waals surface area (Å²) >= 11 is 0. The van der Waals surface area contributed by atoms with Crippen LogP contribution in [-0.2, 0) is 0 Å². The number of likely N-dealkylation sites (tertiary alicyclic amines) is 2. The molecule has 4 rings (SSSR count). The van der Waals surface area contributed by atoms with Crippen LogP contribution in [0.15, 0.2) is 0 Å². The first kappa shape index (κ1) is 34.0. The van der Waals surface area contributed by atoms with Crippen LogP contribution in [0.4, 0.5) is 0 Å². The molecule has 4 saturated heterocycles. The quantitative estimate of drug-likeness (QED) is 0.468. The van der Waals surface area contributed by atoms with Crippen molar-refractivity contribution >= 4 is 0 Å². The minimum atomic E-state index is 0.719. The van der Waals surface area contributed by atoms with Crippen molar-refractivity contribution in [3.05, 3.63) is 0 Å². The lowest BCUT2D eigenvalue weighted by Gasteiger charge is -2.43.